The molecule has 1 N–H and O–H groups in total. The van der Waals surface area contributed by atoms with Crippen molar-refractivity contribution in [3.63, 3.8) is 0 Å². The fourth-order valence-electron chi connectivity index (χ4n) is 1.18. The van der Waals surface area contributed by atoms with Crippen LogP contribution in [0.25, 0.3) is 0 Å². The molecule has 0 aromatic carbocycles. The largest absolute Gasteiger partial charge is 0.376 e. The maximum Gasteiger partial charge on any atom is 0.149 e. The van der Waals surface area contributed by atoms with Crippen molar-refractivity contribution >= 4 is 143 Å². The number of hydrogen-bond acceptors (Lipinski definition) is 1. The van der Waals surface area contributed by atoms with Crippen LogP contribution in [0.15, 0.2) is 0 Å². The number of hydrogen-bond donors (Lipinski definition) is 1. The maximum absolute atomic E-state index is 10.5. The molecule has 1 atom stereocenters. The first-order valence-electron chi connectivity index (χ1n) is 3.63. The first-order valence-corrected chi connectivity index (χ1v) is 10.8. The van der Waals surface area contributed by atoms with Gasteiger partial charge in [0, 0.05) is 6.42 Å². The standard InChI is InChI=1S/C6H3Br9O/c7-2(8)1-3(9,16)5(12,13)6(14,15)4(2,10)11/h16H,1H2. The van der Waals surface area contributed by atoms with E-state index >= 15 is 0 Å². The summed E-state index contributed by atoms with van der Waals surface area (Å²) in [5.41, 5.74) is 0. The molecule has 0 aliphatic heterocycles. The van der Waals surface area contributed by atoms with Gasteiger partial charge in [0.15, 0.2) is 0 Å². The third-order valence-electron chi connectivity index (χ3n) is 2.19. The van der Waals surface area contributed by atoms with E-state index in [4.69, 9.17) is 0 Å². The summed E-state index contributed by atoms with van der Waals surface area (Å²) in [6.45, 7) is 0. The van der Waals surface area contributed by atoms with Crippen molar-refractivity contribution in [1.82, 2.24) is 0 Å². The van der Waals surface area contributed by atoms with E-state index in [0.29, 0.717) is 6.42 Å². The number of halogens is 9. The van der Waals surface area contributed by atoms with Crippen LogP contribution in [-0.2, 0) is 0 Å². The van der Waals surface area contributed by atoms with E-state index in [0.717, 1.165) is 0 Å². The predicted octanol–water partition coefficient (Wildman–Crippen LogP) is 6.42. The number of rotatable bonds is 0. The zero-order chi connectivity index (χ0) is 13.2. The molecule has 0 heterocycles. The van der Waals surface area contributed by atoms with Crippen LogP contribution >= 0.6 is 143 Å². The van der Waals surface area contributed by atoms with Crippen LogP contribution in [0.4, 0.5) is 0 Å². The molecule has 1 unspecified atom stereocenters. The summed E-state index contributed by atoms with van der Waals surface area (Å²) in [5, 5.41) is 10.5. The summed E-state index contributed by atoms with van der Waals surface area (Å²) in [7, 11) is 0. The second-order valence-corrected chi connectivity index (χ2v) is 18.8. The van der Waals surface area contributed by atoms with Crippen LogP contribution in [-0.4, -0.2) is 22.6 Å². The molecule has 1 aliphatic rings. The van der Waals surface area contributed by atoms with E-state index in [2.05, 4.69) is 143 Å². The molecule has 1 nitrogen and oxygen atoms in total. The summed E-state index contributed by atoms with van der Waals surface area (Å²) >= 11 is 31.7. The molecule has 1 aliphatic carbocycles. The van der Waals surface area contributed by atoms with Crippen molar-refractivity contribution < 1.29 is 5.11 Å². The van der Waals surface area contributed by atoms with Crippen LogP contribution in [0, 0.1) is 0 Å². The average molecular weight is 810 g/mol. The monoisotopic (exact) mass is 801 g/mol. The molecule has 1 rings (SSSR count). The molecule has 10 heteroatoms. The lowest BCUT2D eigenvalue weighted by Crippen LogP contribution is -2.69. The van der Waals surface area contributed by atoms with E-state index in [1.165, 1.54) is 0 Å². The highest BCUT2D eigenvalue weighted by atomic mass is 79.9. The summed E-state index contributed by atoms with van der Waals surface area (Å²) in [6, 6.07) is 0. The van der Waals surface area contributed by atoms with Gasteiger partial charge in [-0.1, -0.05) is 143 Å². The first kappa shape index (κ1) is 18.3. The Morgan fingerprint density at radius 1 is 0.625 bits per heavy atom. The lowest BCUT2D eigenvalue weighted by Gasteiger charge is -2.58. The van der Waals surface area contributed by atoms with Gasteiger partial charge in [-0.25, -0.2) is 0 Å². The van der Waals surface area contributed by atoms with Gasteiger partial charge in [-0.05, 0) is 0 Å². The van der Waals surface area contributed by atoms with E-state index in [1.54, 1.807) is 0 Å². The lowest BCUT2D eigenvalue weighted by molar-refractivity contribution is 0.102. The number of aliphatic hydroxyl groups is 1. The summed E-state index contributed by atoms with van der Waals surface area (Å²) in [4.78, 5) is 0. The Balaban J connectivity index is 3.43. The molecule has 1 saturated carbocycles. The summed E-state index contributed by atoms with van der Waals surface area (Å²) in [5.74, 6) is 0. The van der Waals surface area contributed by atoms with Gasteiger partial charge < -0.3 is 5.11 Å². The SMILES string of the molecule is OC1(Br)CC(Br)(Br)C(Br)(Br)C(Br)(Br)C1(Br)Br. The normalized spacial score (nSPS) is 39.4. The van der Waals surface area contributed by atoms with Crippen LogP contribution < -0.4 is 0 Å². The molecule has 0 saturated heterocycles. The van der Waals surface area contributed by atoms with Crippen molar-refractivity contribution in [2.24, 2.45) is 0 Å². The Kier molecular flexibility index (Phi) is 5.93. The molecule has 0 spiro atoms. The molecule has 0 aromatic heterocycles. The highest BCUT2D eigenvalue weighted by molar-refractivity contribution is 9.34. The van der Waals surface area contributed by atoms with Crippen molar-refractivity contribution in [1.29, 1.82) is 0 Å². The molecule has 0 radical (unpaired) electrons. The Bertz CT molecular complexity index is 279. The van der Waals surface area contributed by atoms with E-state index in [9.17, 15) is 5.11 Å². The lowest BCUT2D eigenvalue weighted by atomic mass is 9.96. The summed E-state index contributed by atoms with van der Waals surface area (Å²) in [6.07, 6.45) is 0.367. The van der Waals surface area contributed by atoms with Crippen molar-refractivity contribution in [3.8, 4) is 0 Å². The van der Waals surface area contributed by atoms with Crippen LogP contribution in [0.2, 0.25) is 0 Å². The Morgan fingerprint density at radius 2 is 1.00 bits per heavy atom. The minimum atomic E-state index is -1.20. The molecule has 96 valence electrons. The second kappa shape index (κ2) is 5.18. The topological polar surface area (TPSA) is 20.2 Å². The Morgan fingerprint density at radius 3 is 1.38 bits per heavy atom. The van der Waals surface area contributed by atoms with Crippen molar-refractivity contribution in [2.75, 3.05) is 0 Å². The molecule has 0 aromatic rings. The van der Waals surface area contributed by atoms with Gasteiger partial charge in [-0.2, -0.15) is 0 Å². The minimum Gasteiger partial charge on any atom is -0.376 e. The minimum absolute atomic E-state index is 0.367. The second-order valence-electron chi connectivity index (χ2n) is 3.36. The Hall–Kier alpha value is 4.28. The van der Waals surface area contributed by atoms with Crippen LogP contribution in [0.5, 0.6) is 0 Å². The van der Waals surface area contributed by atoms with Crippen molar-refractivity contribution in [2.45, 2.75) is 23.9 Å². The fourth-order valence-corrected chi connectivity index (χ4v) is 9.80. The van der Waals surface area contributed by atoms with E-state index < -0.39 is 17.4 Å². The fraction of sp³-hybridized carbons (Fsp3) is 1.00. The smallest absolute Gasteiger partial charge is 0.149 e. The molecule has 16 heavy (non-hydrogen) atoms. The third kappa shape index (κ3) is 2.55. The Labute approximate surface area is 169 Å². The van der Waals surface area contributed by atoms with Gasteiger partial charge in [0.2, 0.25) is 0 Å². The highest BCUT2D eigenvalue weighted by Crippen LogP contribution is 2.75. The average Bonchev–Trinajstić information content (AvgIpc) is 1.98. The molecule has 0 bridgehead atoms. The number of alkyl halides is 9. The molecular formula is C6H3Br9O. The highest BCUT2D eigenvalue weighted by Gasteiger charge is 2.75. The van der Waals surface area contributed by atoms with E-state index in [-0.39, 0.29) is 0 Å². The predicted molar refractivity (Wildman–Crippen MR) is 101 cm³/mol. The zero-order valence-electron chi connectivity index (χ0n) is 7.06. The zero-order valence-corrected chi connectivity index (χ0v) is 21.3. The first-order chi connectivity index (χ1) is 6.71. The third-order valence-corrected chi connectivity index (χ3v) is 19.7. The van der Waals surface area contributed by atoms with Gasteiger partial charge >= 0.3 is 0 Å². The quantitative estimate of drug-likeness (QED) is 0.281. The van der Waals surface area contributed by atoms with Crippen LogP contribution in [0.1, 0.15) is 6.42 Å². The summed E-state index contributed by atoms with van der Waals surface area (Å²) < 4.78 is -4.05. The molecule has 1 fully saturated rings. The van der Waals surface area contributed by atoms with Gasteiger partial charge in [0.1, 0.15) is 17.4 Å². The van der Waals surface area contributed by atoms with Crippen LogP contribution in [0.3, 0.4) is 0 Å². The van der Waals surface area contributed by atoms with Crippen molar-refractivity contribution in [3.05, 3.63) is 0 Å². The van der Waals surface area contributed by atoms with Gasteiger partial charge in [-0.15, -0.1) is 0 Å². The van der Waals surface area contributed by atoms with Gasteiger partial charge in [-0.3, -0.25) is 0 Å². The van der Waals surface area contributed by atoms with Gasteiger partial charge in [0.25, 0.3) is 0 Å². The van der Waals surface area contributed by atoms with Gasteiger partial charge in [0.05, 0.1) is 0 Å². The molecule has 0 amide bonds. The maximum atomic E-state index is 10.5. The van der Waals surface area contributed by atoms with E-state index in [1.807, 2.05) is 0 Å². The molecular weight excluding hydrogens is 807 g/mol.